The molecule has 0 aliphatic carbocycles. The number of Topliss-reactive ketones (excluding diaryl/α,β-unsaturated/α-hetero) is 1. The third-order valence-electron chi connectivity index (χ3n) is 3.77. The number of carbonyl (C=O) groups is 2. The van der Waals surface area contributed by atoms with Gasteiger partial charge in [0, 0.05) is 12.7 Å². The molecule has 2 saturated heterocycles. The van der Waals surface area contributed by atoms with Crippen LogP contribution in [0, 0.1) is 0 Å². The van der Waals surface area contributed by atoms with E-state index >= 15 is 0 Å². The Morgan fingerprint density at radius 2 is 1.95 bits per heavy atom. The minimum atomic E-state index is -3.65. The summed E-state index contributed by atoms with van der Waals surface area (Å²) in [6, 6.07) is 7.24. The molecule has 1 aromatic carbocycles. The number of ether oxygens (including phenoxy) is 1. The van der Waals surface area contributed by atoms with Gasteiger partial charge in [0.25, 0.3) is 0 Å². The number of amides is 1. The summed E-state index contributed by atoms with van der Waals surface area (Å²) in [5.74, 6) is -0.732. The zero-order valence-electron chi connectivity index (χ0n) is 10.7. The summed E-state index contributed by atoms with van der Waals surface area (Å²) in [5.41, 5.74) is -0.915. The third-order valence-corrected chi connectivity index (χ3v) is 6.02. The van der Waals surface area contributed by atoms with Gasteiger partial charge in [-0.2, -0.15) is 0 Å². The van der Waals surface area contributed by atoms with Crippen molar-refractivity contribution in [3.05, 3.63) is 35.9 Å². The van der Waals surface area contributed by atoms with Crippen molar-refractivity contribution in [2.45, 2.75) is 23.3 Å². The number of nitrogens with zero attached hydrogens (tertiary/aromatic N) is 1. The van der Waals surface area contributed by atoms with E-state index in [1.807, 2.05) is 0 Å². The van der Waals surface area contributed by atoms with Gasteiger partial charge in [0.05, 0.1) is 6.42 Å². The number of β-lactam (4-membered cyclic amide) rings is 1. The highest BCUT2D eigenvalue weighted by atomic mass is 32.2. The molecule has 7 heteroatoms. The molecular weight excluding hydrogens is 282 g/mol. The lowest BCUT2D eigenvalue weighted by molar-refractivity contribution is -0.143. The second kappa shape index (κ2) is 4.39. The van der Waals surface area contributed by atoms with E-state index in [1.165, 1.54) is 7.11 Å². The molecular formula is C13H13NO5S. The number of fused-ring (bicyclic) bond motifs is 1. The summed E-state index contributed by atoms with van der Waals surface area (Å²) in [6.45, 7) is 0. The lowest BCUT2D eigenvalue weighted by atomic mass is 10.0. The van der Waals surface area contributed by atoms with Crippen molar-refractivity contribution in [3.8, 4) is 0 Å². The van der Waals surface area contributed by atoms with Crippen LogP contribution >= 0.6 is 0 Å². The topological polar surface area (TPSA) is 80.8 Å². The van der Waals surface area contributed by atoms with Crippen LogP contribution in [0.25, 0.3) is 0 Å². The van der Waals surface area contributed by atoms with Crippen LogP contribution in [-0.2, 0) is 19.4 Å². The van der Waals surface area contributed by atoms with Crippen molar-refractivity contribution in [1.29, 1.82) is 0 Å². The Kier molecular flexibility index (Phi) is 2.91. The molecule has 20 heavy (non-hydrogen) atoms. The van der Waals surface area contributed by atoms with Crippen molar-refractivity contribution in [2.75, 3.05) is 7.11 Å². The predicted octanol–water partition coefficient (Wildman–Crippen LogP) is 0.197. The first-order chi connectivity index (χ1) is 9.48. The molecule has 0 radical (unpaired) electrons. The van der Waals surface area contributed by atoms with Gasteiger partial charge in [0.1, 0.15) is 11.4 Å². The molecule has 0 aromatic heterocycles. The zero-order chi connectivity index (χ0) is 14.5. The second-order valence-electron chi connectivity index (χ2n) is 4.83. The van der Waals surface area contributed by atoms with Gasteiger partial charge in [-0.15, -0.1) is 0 Å². The molecule has 6 nitrogen and oxygen atoms in total. The molecule has 2 fully saturated rings. The summed E-state index contributed by atoms with van der Waals surface area (Å²) < 4.78 is 29.4. The summed E-state index contributed by atoms with van der Waals surface area (Å²) in [7, 11) is -2.41. The van der Waals surface area contributed by atoms with Gasteiger partial charge in [0.15, 0.2) is 11.2 Å². The standard InChI is InChI=1S/C13H13NO5S/c1-19-13-11(12(16)8-5-3-2-4-6-8)14-9(15)7-10(14)20(13,17)18/h2-6,10-11,13H,7H2,1H3/t10-,11?,13?/m1/s1. The van der Waals surface area contributed by atoms with Crippen LogP contribution in [0.15, 0.2) is 30.3 Å². The first-order valence-corrected chi connectivity index (χ1v) is 7.75. The Hall–Kier alpha value is -1.73. The lowest BCUT2D eigenvalue weighted by Gasteiger charge is -2.35. The van der Waals surface area contributed by atoms with Crippen LogP contribution in [0.1, 0.15) is 16.8 Å². The Morgan fingerprint density at radius 1 is 1.30 bits per heavy atom. The molecule has 0 saturated carbocycles. The number of hydrogen-bond donors (Lipinski definition) is 0. The fraction of sp³-hybridized carbons (Fsp3) is 0.385. The number of rotatable bonds is 3. The minimum Gasteiger partial charge on any atom is -0.363 e. The number of benzene rings is 1. The van der Waals surface area contributed by atoms with E-state index in [0.29, 0.717) is 5.56 Å². The lowest BCUT2D eigenvalue weighted by Crippen LogP contribution is -2.56. The molecule has 0 spiro atoms. The highest BCUT2D eigenvalue weighted by molar-refractivity contribution is 7.93. The monoisotopic (exact) mass is 295 g/mol. The number of hydrogen-bond acceptors (Lipinski definition) is 5. The van der Waals surface area contributed by atoms with E-state index in [9.17, 15) is 18.0 Å². The van der Waals surface area contributed by atoms with Gasteiger partial charge in [-0.3, -0.25) is 9.59 Å². The number of ketones is 1. The second-order valence-corrected chi connectivity index (χ2v) is 7.01. The number of methoxy groups -OCH3 is 1. The van der Waals surface area contributed by atoms with Crippen molar-refractivity contribution in [2.24, 2.45) is 0 Å². The summed E-state index contributed by atoms with van der Waals surface area (Å²) >= 11 is 0. The molecule has 2 aliphatic rings. The highest BCUT2D eigenvalue weighted by Crippen LogP contribution is 2.40. The molecule has 2 aliphatic heterocycles. The Bertz CT molecular complexity index is 669. The van der Waals surface area contributed by atoms with E-state index in [-0.39, 0.29) is 12.3 Å². The van der Waals surface area contributed by atoms with E-state index < -0.39 is 32.5 Å². The molecule has 2 heterocycles. The largest absolute Gasteiger partial charge is 0.363 e. The van der Waals surface area contributed by atoms with Crippen molar-refractivity contribution >= 4 is 21.5 Å². The first kappa shape index (κ1) is 13.3. The van der Waals surface area contributed by atoms with Crippen LogP contribution in [0.2, 0.25) is 0 Å². The van der Waals surface area contributed by atoms with Crippen LogP contribution in [0.4, 0.5) is 0 Å². The molecule has 0 N–H and O–H groups in total. The van der Waals surface area contributed by atoms with E-state index in [1.54, 1.807) is 30.3 Å². The van der Waals surface area contributed by atoms with Crippen molar-refractivity contribution < 1.29 is 22.7 Å². The summed E-state index contributed by atoms with van der Waals surface area (Å²) in [5, 5.41) is -0.919. The normalized spacial score (nSPS) is 30.8. The maximum absolute atomic E-state index is 12.5. The van der Waals surface area contributed by atoms with E-state index in [4.69, 9.17) is 4.74 Å². The molecule has 3 atom stereocenters. The van der Waals surface area contributed by atoms with Crippen LogP contribution in [-0.4, -0.2) is 49.0 Å². The Morgan fingerprint density at radius 3 is 2.50 bits per heavy atom. The molecule has 3 rings (SSSR count). The predicted molar refractivity (Wildman–Crippen MR) is 69.5 cm³/mol. The molecule has 1 amide bonds. The smallest absolute Gasteiger partial charge is 0.227 e. The van der Waals surface area contributed by atoms with Crippen LogP contribution < -0.4 is 0 Å². The highest BCUT2D eigenvalue weighted by Gasteiger charge is 2.63. The maximum Gasteiger partial charge on any atom is 0.227 e. The molecule has 1 aromatic rings. The first-order valence-electron chi connectivity index (χ1n) is 6.14. The average Bonchev–Trinajstić information content (AvgIpc) is 2.62. The summed E-state index contributed by atoms with van der Waals surface area (Å²) in [4.78, 5) is 25.3. The number of carbonyl (C=O) groups excluding carboxylic acids is 2. The zero-order valence-corrected chi connectivity index (χ0v) is 11.5. The average molecular weight is 295 g/mol. The fourth-order valence-corrected chi connectivity index (χ4v) is 4.89. The van der Waals surface area contributed by atoms with Gasteiger partial charge in [-0.25, -0.2) is 8.42 Å². The van der Waals surface area contributed by atoms with Crippen molar-refractivity contribution in [3.63, 3.8) is 0 Å². The SMILES string of the molecule is COC1C(C(=O)c2ccccc2)N2C(=O)C[C@H]2S1(=O)=O. The van der Waals surface area contributed by atoms with Crippen LogP contribution in [0.5, 0.6) is 0 Å². The molecule has 2 unspecified atom stereocenters. The van der Waals surface area contributed by atoms with E-state index in [0.717, 1.165) is 4.90 Å². The van der Waals surface area contributed by atoms with Gasteiger partial charge in [-0.1, -0.05) is 30.3 Å². The van der Waals surface area contributed by atoms with Gasteiger partial charge < -0.3 is 9.64 Å². The summed E-state index contributed by atoms with van der Waals surface area (Å²) in [6.07, 6.45) is -0.0687. The maximum atomic E-state index is 12.5. The van der Waals surface area contributed by atoms with Gasteiger partial charge >= 0.3 is 0 Å². The Balaban J connectivity index is 2.03. The van der Waals surface area contributed by atoms with Gasteiger partial charge in [0.2, 0.25) is 15.7 Å². The fourth-order valence-electron chi connectivity index (χ4n) is 2.76. The van der Waals surface area contributed by atoms with Crippen molar-refractivity contribution in [1.82, 2.24) is 4.90 Å². The van der Waals surface area contributed by atoms with E-state index in [2.05, 4.69) is 0 Å². The number of sulfone groups is 1. The minimum absolute atomic E-state index is 0.0687. The molecule has 106 valence electrons. The van der Waals surface area contributed by atoms with Gasteiger partial charge in [-0.05, 0) is 0 Å². The third kappa shape index (κ3) is 1.63. The Labute approximate surface area is 116 Å². The molecule has 0 bridgehead atoms. The van der Waals surface area contributed by atoms with Crippen LogP contribution in [0.3, 0.4) is 0 Å². The quantitative estimate of drug-likeness (QED) is 0.587.